The molecule has 1 fully saturated rings. The zero-order chi connectivity index (χ0) is 16.7. The van der Waals surface area contributed by atoms with Crippen LogP contribution in [0.4, 0.5) is 0 Å². The first-order valence-electron chi connectivity index (χ1n) is 7.61. The highest BCUT2D eigenvalue weighted by molar-refractivity contribution is 7.91. The van der Waals surface area contributed by atoms with E-state index in [4.69, 9.17) is 4.74 Å². The van der Waals surface area contributed by atoms with Crippen molar-refractivity contribution in [2.24, 2.45) is 0 Å². The average molecular weight is 360 g/mol. The number of hydrogen-bond acceptors (Lipinski definition) is 5. The van der Waals surface area contributed by atoms with Gasteiger partial charge in [-0.1, -0.05) is 18.2 Å². The van der Waals surface area contributed by atoms with Crippen LogP contribution in [-0.2, 0) is 10.0 Å². The van der Waals surface area contributed by atoms with Crippen molar-refractivity contribution in [2.75, 3.05) is 13.1 Å². The number of aromatic nitrogens is 1. The molecule has 1 aliphatic rings. The van der Waals surface area contributed by atoms with Crippen LogP contribution in [0.2, 0.25) is 0 Å². The van der Waals surface area contributed by atoms with Gasteiger partial charge in [0, 0.05) is 16.3 Å². The van der Waals surface area contributed by atoms with Crippen LogP contribution in [0.25, 0.3) is 10.9 Å². The standard InChI is InChI=1S/C17H16N2O3S2/c1-12-6-9-17(23-12)24(20,21)19-10-14(11-19)22-16-8-7-13-4-2-3-5-15(13)18-16/h2-9,14H,10-11H2,1H3. The van der Waals surface area contributed by atoms with E-state index in [0.29, 0.717) is 23.2 Å². The van der Waals surface area contributed by atoms with Gasteiger partial charge in [0.15, 0.2) is 0 Å². The molecular formula is C17H16N2O3S2. The van der Waals surface area contributed by atoms with E-state index in [1.165, 1.54) is 15.6 Å². The van der Waals surface area contributed by atoms with Gasteiger partial charge in [0.05, 0.1) is 18.6 Å². The van der Waals surface area contributed by atoms with Gasteiger partial charge >= 0.3 is 0 Å². The highest BCUT2D eigenvalue weighted by Gasteiger charge is 2.39. The lowest BCUT2D eigenvalue weighted by molar-refractivity contribution is 0.0725. The maximum absolute atomic E-state index is 12.5. The largest absolute Gasteiger partial charge is 0.472 e. The second kappa shape index (κ2) is 5.84. The zero-order valence-corrected chi connectivity index (χ0v) is 14.7. The summed E-state index contributed by atoms with van der Waals surface area (Å²) in [5.74, 6) is 0.530. The van der Waals surface area contributed by atoms with Crippen molar-refractivity contribution >= 4 is 32.3 Å². The first-order chi connectivity index (χ1) is 11.5. The summed E-state index contributed by atoms with van der Waals surface area (Å²) in [4.78, 5) is 5.45. The minimum atomic E-state index is -3.39. The molecule has 3 aromatic rings. The van der Waals surface area contributed by atoms with Crippen molar-refractivity contribution in [1.82, 2.24) is 9.29 Å². The van der Waals surface area contributed by atoms with Gasteiger partial charge in [0.25, 0.3) is 10.0 Å². The fraction of sp³-hybridized carbons (Fsp3) is 0.235. The van der Waals surface area contributed by atoms with Crippen LogP contribution in [0.5, 0.6) is 5.88 Å². The van der Waals surface area contributed by atoms with Crippen molar-refractivity contribution in [1.29, 1.82) is 0 Å². The summed E-state index contributed by atoms with van der Waals surface area (Å²) in [6, 6.07) is 15.1. The van der Waals surface area contributed by atoms with Crippen LogP contribution in [0.3, 0.4) is 0 Å². The number of ether oxygens (including phenoxy) is 1. The van der Waals surface area contributed by atoms with Gasteiger partial charge in [-0.25, -0.2) is 13.4 Å². The molecule has 0 aliphatic carbocycles. The molecule has 4 rings (SSSR count). The van der Waals surface area contributed by atoms with Gasteiger partial charge in [-0.05, 0) is 31.2 Å². The number of aryl methyl sites for hydroxylation is 1. The van der Waals surface area contributed by atoms with Crippen LogP contribution in [0, 0.1) is 6.92 Å². The first-order valence-corrected chi connectivity index (χ1v) is 9.87. The van der Waals surface area contributed by atoms with E-state index in [2.05, 4.69) is 4.98 Å². The molecule has 7 heteroatoms. The minimum absolute atomic E-state index is 0.158. The van der Waals surface area contributed by atoms with Gasteiger partial charge in [0.2, 0.25) is 5.88 Å². The number of nitrogens with zero attached hydrogens (tertiary/aromatic N) is 2. The van der Waals surface area contributed by atoms with Crippen molar-refractivity contribution < 1.29 is 13.2 Å². The molecule has 1 aliphatic heterocycles. The molecule has 1 saturated heterocycles. The molecule has 3 heterocycles. The molecule has 0 N–H and O–H groups in total. The van der Waals surface area contributed by atoms with E-state index in [9.17, 15) is 8.42 Å². The number of thiophene rings is 1. The molecule has 124 valence electrons. The Bertz CT molecular complexity index is 992. The molecule has 1 aromatic carbocycles. The van der Waals surface area contributed by atoms with Crippen LogP contribution in [0.1, 0.15) is 4.88 Å². The highest BCUT2D eigenvalue weighted by atomic mass is 32.2. The summed E-state index contributed by atoms with van der Waals surface area (Å²) >= 11 is 1.30. The second-order valence-corrected chi connectivity index (χ2v) is 9.22. The van der Waals surface area contributed by atoms with Crippen molar-refractivity contribution in [3.63, 3.8) is 0 Å². The predicted octanol–water partition coefficient (Wildman–Crippen LogP) is 3.06. The smallest absolute Gasteiger partial charge is 0.252 e. The average Bonchev–Trinajstić information content (AvgIpc) is 2.97. The highest BCUT2D eigenvalue weighted by Crippen LogP contribution is 2.29. The monoisotopic (exact) mass is 360 g/mol. The minimum Gasteiger partial charge on any atom is -0.472 e. The summed E-state index contributed by atoms with van der Waals surface area (Å²) in [5.41, 5.74) is 0.868. The van der Waals surface area contributed by atoms with Gasteiger partial charge in [-0.15, -0.1) is 11.3 Å². The summed E-state index contributed by atoms with van der Waals surface area (Å²) in [7, 11) is -3.39. The Morgan fingerprint density at radius 2 is 1.92 bits per heavy atom. The number of para-hydroxylation sites is 1. The molecule has 0 bridgehead atoms. The number of hydrogen-bond donors (Lipinski definition) is 0. The second-order valence-electron chi connectivity index (χ2n) is 5.77. The van der Waals surface area contributed by atoms with E-state index in [0.717, 1.165) is 15.8 Å². The quantitative estimate of drug-likeness (QED) is 0.717. The normalized spacial score (nSPS) is 16.2. The fourth-order valence-corrected chi connectivity index (χ4v) is 5.57. The molecule has 0 unspecified atom stereocenters. The Kier molecular flexibility index (Phi) is 3.79. The topological polar surface area (TPSA) is 59.5 Å². The maximum atomic E-state index is 12.5. The van der Waals surface area contributed by atoms with Crippen LogP contribution >= 0.6 is 11.3 Å². The molecule has 2 aromatic heterocycles. The first kappa shape index (κ1) is 15.6. The van der Waals surface area contributed by atoms with Gasteiger partial charge < -0.3 is 4.74 Å². The Balaban J connectivity index is 1.43. The van der Waals surface area contributed by atoms with Gasteiger partial charge in [-0.2, -0.15) is 4.31 Å². The van der Waals surface area contributed by atoms with Crippen LogP contribution in [-0.4, -0.2) is 36.9 Å². The molecular weight excluding hydrogens is 344 g/mol. The number of pyridine rings is 1. The number of fused-ring (bicyclic) bond motifs is 1. The lowest BCUT2D eigenvalue weighted by Crippen LogP contribution is -2.55. The zero-order valence-electron chi connectivity index (χ0n) is 13.0. The molecule has 0 spiro atoms. The summed E-state index contributed by atoms with van der Waals surface area (Å²) in [5, 5.41) is 1.05. The molecule has 0 atom stereocenters. The third-order valence-corrected chi connectivity index (χ3v) is 7.28. The van der Waals surface area contributed by atoms with E-state index < -0.39 is 10.0 Å². The number of benzene rings is 1. The fourth-order valence-electron chi connectivity index (χ4n) is 2.63. The maximum Gasteiger partial charge on any atom is 0.252 e. The Morgan fingerprint density at radius 1 is 1.12 bits per heavy atom. The lowest BCUT2D eigenvalue weighted by atomic mass is 10.2. The summed E-state index contributed by atoms with van der Waals surface area (Å²) in [6.07, 6.45) is -0.158. The van der Waals surface area contributed by atoms with Crippen LogP contribution in [0.15, 0.2) is 52.7 Å². The molecule has 0 saturated carbocycles. The van der Waals surface area contributed by atoms with Crippen molar-refractivity contribution in [2.45, 2.75) is 17.2 Å². The molecule has 0 amide bonds. The lowest BCUT2D eigenvalue weighted by Gasteiger charge is -2.37. The van der Waals surface area contributed by atoms with Crippen LogP contribution < -0.4 is 4.74 Å². The molecule has 5 nitrogen and oxygen atoms in total. The van der Waals surface area contributed by atoms with Crippen molar-refractivity contribution in [3.8, 4) is 5.88 Å². The summed E-state index contributed by atoms with van der Waals surface area (Å²) < 4.78 is 32.6. The van der Waals surface area contributed by atoms with E-state index in [-0.39, 0.29) is 6.10 Å². The summed E-state index contributed by atoms with van der Waals surface area (Å²) in [6.45, 7) is 2.61. The Labute approximate surface area is 144 Å². The third kappa shape index (κ3) is 2.79. The van der Waals surface area contributed by atoms with E-state index in [1.54, 1.807) is 6.07 Å². The van der Waals surface area contributed by atoms with E-state index >= 15 is 0 Å². The SMILES string of the molecule is Cc1ccc(S(=O)(=O)N2CC(Oc3ccc4ccccc4n3)C2)s1. The molecule has 24 heavy (non-hydrogen) atoms. The number of sulfonamides is 1. The van der Waals surface area contributed by atoms with Gasteiger partial charge in [0.1, 0.15) is 10.3 Å². The Hall–Kier alpha value is -1.96. The van der Waals surface area contributed by atoms with Gasteiger partial charge in [-0.3, -0.25) is 0 Å². The Morgan fingerprint density at radius 3 is 2.67 bits per heavy atom. The predicted molar refractivity (Wildman–Crippen MR) is 94.0 cm³/mol. The van der Waals surface area contributed by atoms with Crippen molar-refractivity contribution in [3.05, 3.63) is 53.4 Å². The number of rotatable bonds is 4. The van der Waals surface area contributed by atoms with E-state index in [1.807, 2.05) is 49.4 Å². The molecule has 0 radical (unpaired) electrons. The third-order valence-electron chi connectivity index (χ3n) is 3.98.